The van der Waals surface area contributed by atoms with Crippen molar-refractivity contribution in [3.63, 3.8) is 0 Å². The maximum atomic E-state index is 12.0. The van der Waals surface area contributed by atoms with Crippen molar-refractivity contribution in [3.05, 3.63) is 24.0 Å². The van der Waals surface area contributed by atoms with E-state index in [-0.39, 0.29) is 19.5 Å². The second-order valence-electron chi connectivity index (χ2n) is 6.83. The zero-order chi connectivity index (χ0) is 17.3. The van der Waals surface area contributed by atoms with Crippen LogP contribution in [0.3, 0.4) is 0 Å². The lowest BCUT2D eigenvalue weighted by Crippen LogP contribution is -2.67. The second-order valence-corrected chi connectivity index (χ2v) is 6.83. The monoisotopic (exact) mass is 322 g/mol. The average Bonchev–Trinajstić information content (AvgIpc) is 2.35. The number of carbonyl (C=O) groups is 2. The molecule has 0 unspecified atom stereocenters. The molecule has 1 fully saturated rings. The number of pyridine rings is 1. The molecule has 1 saturated heterocycles. The van der Waals surface area contributed by atoms with Crippen molar-refractivity contribution in [2.75, 3.05) is 13.1 Å². The highest BCUT2D eigenvalue weighted by Crippen LogP contribution is 2.32. The van der Waals surface area contributed by atoms with Crippen LogP contribution in [0, 0.1) is 6.92 Å². The number of ether oxygens (including phenoxy) is 2. The first kappa shape index (κ1) is 17.1. The number of nitrogens with zero attached hydrogens (tertiary/aromatic N) is 2. The number of carbonyl (C=O) groups excluding carboxylic acids is 1. The molecule has 1 aliphatic heterocycles. The van der Waals surface area contributed by atoms with E-state index in [9.17, 15) is 9.59 Å². The summed E-state index contributed by atoms with van der Waals surface area (Å²) in [5.74, 6) is -0.491. The van der Waals surface area contributed by atoms with Crippen molar-refractivity contribution in [1.82, 2.24) is 9.88 Å². The van der Waals surface area contributed by atoms with Gasteiger partial charge in [-0.25, -0.2) is 4.79 Å². The molecule has 7 nitrogen and oxygen atoms in total. The van der Waals surface area contributed by atoms with Gasteiger partial charge in [-0.3, -0.25) is 14.7 Å². The molecule has 0 spiro atoms. The number of likely N-dealkylation sites (tertiary alicyclic amines) is 1. The molecule has 0 aliphatic carbocycles. The summed E-state index contributed by atoms with van der Waals surface area (Å²) in [6, 6.07) is 3.52. The Morgan fingerprint density at radius 2 is 2.00 bits per heavy atom. The fraction of sp³-hybridized carbons (Fsp3) is 0.562. The van der Waals surface area contributed by atoms with Crippen LogP contribution in [-0.2, 0) is 9.53 Å². The normalized spacial score (nSPS) is 16.4. The van der Waals surface area contributed by atoms with Crippen LogP contribution in [0.15, 0.2) is 18.3 Å². The van der Waals surface area contributed by atoms with E-state index in [4.69, 9.17) is 14.6 Å². The van der Waals surface area contributed by atoms with Crippen molar-refractivity contribution in [1.29, 1.82) is 0 Å². The van der Waals surface area contributed by atoms with E-state index < -0.39 is 23.3 Å². The first-order valence-electron chi connectivity index (χ1n) is 7.40. The molecule has 1 aliphatic rings. The lowest BCUT2D eigenvalue weighted by molar-refractivity contribution is -0.149. The van der Waals surface area contributed by atoms with E-state index in [0.717, 1.165) is 5.69 Å². The minimum absolute atomic E-state index is 0.169. The summed E-state index contributed by atoms with van der Waals surface area (Å²) in [6.45, 7) is 7.53. The molecule has 0 aromatic carbocycles. The quantitative estimate of drug-likeness (QED) is 0.914. The summed E-state index contributed by atoms with van der Waals surface area (Å²) >= 11 is 0. The highest BCUT2D eigenvalue weighted by atomic mass is 16.6. The Bertz CT molecular complexity index is 585. The van der Waals surface area contributed by atoms with Crippen molar-refractivity contribution in [2.45, 2.75) is 45.3 Å². The molecule has 126 valence electrons. The molecular weight excluding hydrogens is 300 g/mol. The van der Waals surface area contributed by atoms with Gasteiger partial charge >= 0.3 is 12.1 Å². The predicted molar refractivity (Wildman–Crippen MR) is 82.4 cm³/mol. The lowest BCUT2D eigenvalue weighted by atomic mass is 9.90. The number of hydrogen-bond donors (Lipinski definition) is 1. The maximum Gasteiger partial charge on any atom is 0.410 e. The molecule has 0 saturated carbocycles. The Morgan fingerprint density at radius 1 is 1.35 bits per heavy atom. The summed E-state index contributed by atoms with van der Waals surface area (Å²) in [5.41, 5.74) is -0.697. The first-order valence-corrected chi connectivity index (χ1v) is 7.40. The van der Waals surface area contributed by atoms with Gasteiger partial charge in [0.15, 0.2) is 5.60 Å². The summed E-state index contributed by atoms with van der Waals surface area (Å²) in [5, 5.41) is 9.12. The molecule has 7 heteroatoms. The van der Waals surface area contributed by atoms with Gasteiger partial charge in [0.25, 0.3) is 0 Å². The van der Waals surface area contributed by atoms with Crippen LogP contribution < -0.4 is 4.74 Å². The van der Waals surface area contributed by atoms with Gasteiger partial charge in [-0.15, -0.1) is 0 Å². The number of hydrogen-bond acceptors (Lipinski definition) is 5. The third kappa shape index (κ3) is 4.58. The smallest absolute Gasteiger partial charge is 0.410 e. The number of aryl methyl sites for hydroxylation is 1. The van der Waals surface area contributed by atoms with Gasteiger partial charge in [0.05, 0.1) is 25.7 Å². The van der Waals surface area contributed by atoms with Crippen LogP contribution in [0.4, 0.5) is 4.79 Å². The van der Waals surface area contributed by atoms with Gasteiger partial charge in [-0.2, -0.15) is 0 Å². The third-order valence-electron chi connectivity index (χ3n) is 3.30. The van der Waals surface area contributed by atoms with Gasteiger partial charge in [0.1, 0.15) is 11.4 Å². The summed E-state index contributed by atoms with van der Waals surface area (Å²) < 4.78 is 11.1. The number of aromatic nitrogens is 1. The van der Waals surface area contributed by atoms with Gasteiger partial charge in [0, 0.05) is 5.69 Å². The van der Waals surface area contributed by atoms with Gasteiger partial charge in [-0.05, 0) is 39.8 Å². The van der Waals surface area contributed by atoms with Crippen LogP contribution in [0.5, 0.6) is 5.75 Å². The molecule has 1 amide bonds. The maximum absolute atomic E-state index is 12.0. The van der Waals surface area contributed by atoms with E-state index in [2.05, 4.69) is 4.98 Å². The summed E-state index contributed by atoms with van der Waals surface area (Å²) in [4.78, 5) is 28.7. The number of carboxylic acid groups (broad SMARTS) is 1. The topological polar surface area (TPSA) is 89.0 Å². The average molecular weight is 322 g/mol. The molecule has 1 aromatic rings. The molecule has 2 rings (SSSR count). The zero-order valence-electron chi connectivity index (χ0n) is 13.8. The number of amides is 1. The van der Waals surface area contributed by atoms with E-state index in [0.29, 0.717) is 5.75 Å². The largest absolute Gasteiger partial charge is 0.481 e. The standard InChI is InChI=1S/C16H22N2O5/c1-11-5-6-12(8-17-11)22-16(7-13(19)20)9-18(10-16)14(21)23-15(2,3)4/h5-6,8H,7,9-10H2,1-4H3,(H,19,20). The fourth-order valence-electron chi connectivity index (χ4n) is 2.36. The Labute approximate surface area is 135 Å². The Kier molecular flexibility index (Phi) is 4.49. The Morgan fingerprint density at radius 3 is 2.48 bits per heavy atom. The minimum Gasteiger partial charge on any atom is -0.481 e. The Hall–Kier alpha value is -2.31. The van der Waals surface area contributed by atoms with Gasteiger partial charge in [0.2, 0.25) is 0 Å². The van der Waals surface area contributed by atoms with E-state index in [1.165, 1.54) is 4.90 Å². The van der Waals surface area contributed by atoms with Crippen molar-refractivity contribution in [3.8, 4) is 5.75 Å². The van der Waals surface area contributed by atoms with Crippen molar-refractivity contribution >= 4 is 12.1 Å². The second kappa shape index (κ2) is 6.06. The lowest BCUT2D eigenvalue weighted by Gasteiger charge is -2.48. The van der Waals surface area contributed by atoms with Crippen molar-refractivity contribution < 1.29 is 24.2 Å². The molecule has 2 heterocycles. The SMILES string of the molecule is Cc1ccc(OC2(CC(=O)O)CN(C(=O)OC(C)(C)C)C2)cn1. The Balaban J connectivity index is 2.04. The van der Waals surface area contributed by atoms with E-state index in [1.807, 2.05) is 6.92 Å². The number of aliphatic carboxylic acids is 1. The highest BCUT2D eigenvalue weighted by Gasteiger charge is 2.50. The third-order valence-corrected chi connectivity index (χ3v) is 3.30. The molecule has 0 bridgehead atoms. The van der Waals surface area contributed by atoms with Crippen LogP contribution in [0.1, 0.15) is 32.9 Å². The van der Waals surface area contributed by atoms with Gasteiger partial charge in [-0.1, -0.05) is 0 Å². The first-order chi connectivity index (χ1) is 10.6. The van der Waals surface area contributed by atoms with Crippen LogP contribution in [0.25, 0.3) is 0 Å². The predicted octanol–water partition coefficient (Wildman–Crippen LogP) is 2.23. The molecular formula is C16H22N2O5. The van der Waals surface area contributed by atoms with Crippen LogP contribution in [0.2, 0.25) is 0 Å². The zero-order valence-corrected chi connectivity index (χ0v) is 13.8. The number of carboxylic acids is 1. The molecule has 23 heavy (non-hydrogen) atoms. The highest BCUT2D eigenvalue weighted by molar-refractivity contribution is 5.72. The minimum atomic E-state index is -0.978. The molecule has 0 atom stereocenters. The molecule has 1 aromatic heterocycles. The van der Waals surface area contributed by atoms with Gasteiger partial charge < -0.3 is 14.6 Å². The van der Waals surface area contributed by atoms with E-state index in [1.54, 1.807) is 39.1 Å². The summed E-state index contributed by atoms with van der Waals surface area (Å²) in [6.07, 6.45) is 0.888. The van der Waals surface area contributed by atoms with Crippen molar-refractivity contribution in [2.24, 2.45) is 0 Å². The fourth-order valence-corrected chi connectivity index (χ4v) is 2.36. The molecule has 0 radical (unpaired) electrons. The molecule has 1 N–H and O–H groups in total. The summed E-state index contributed by atoms with van der Waals surface area (Å²) in [7, 11) is 0. The van der Waals surface area contributed by atoms with Crippen LogP contribution >= 0.6 is 0 Å². The van der Waals surface area contributed by atoms with E-state index >= 15 is 0 Å². The number of rotatable bonds is 4. The van der Waals surface area contributed by atoms with Crippen LogP contribution in [-0.4, -0.2) is 51.3 Å².